The van der Waals surface area contributed by atoms with Crippen molar-refractivity contribution in [2.24, 2.45) is 0 Å². The molecule has 1 saturated heterocycles. The second-order valence-corrected chi connectivity index (χ2v) is 6.04. The van der Waals surface area contributed by atoms with Crippen molar-refractivity contribution >= 4 is 5.91 Å². The van der Waals surface area contributed by atoms with Gasteiger partial charge in [-0.15, -0.1) is 0 Å². The van der Waals surface area contributed by atoms with Gasteiger partial charge in [0.1, 0.15) is 5.69 Å². The minimum absolute atomic E-state index is 0.0477. The molecule has 116 valence electrons. The highest BCUT2D eigenvalue weighted by atomic mass is 16.5. The minimum atomic E-state index is -0.0994. The molecule has 0 bridgehead atoms. The monoisotopic (exact) mass is 301 g/mol. The molecule has 2 fully saturated rings. The highest BCUT2D eigenvalue weighted by Gasteiger charge is 2.35. The van der Waals surface area contributed by atoms with Crippen LogP contribution in [0.15, 0.2) is 10.6 Å². The Bertz CT molecular complexity index is 688. The average molecular weight is 301 g/mol. The fourth-order valence-corrected chi connectivity index (χ4v) is 3.02. The molecule has 0 radical (unpaired) electrons. The fourth-order valence-electron chi connectivity index (χ4n) is 3.02. The van der Waals surface area contributed by atoms with Crippen LogP contribution >= 0.6 is 0 Å². The number of aryl methyl sites for hydroxylation is 1. The molecule has 2 aromatic heterocycles. The Morgan fingerprint density at radius 1 is 1.45 bits per heavy atom. The SMILES string of the molecule is CCc1nc([C@H]2CCCN2C(=O)c2cc(C3CC3)[nH]n2)no1. The number of hydrogen-bond acceptors (Lipinski definition) is 5. The molecule has 0 spiro atoms. The molecule has 3 heterocycles. The molecule has 7 nitrogen and oxygen atoms in total. The van der Waals surface area contributed by atoms with Crippen molar-refractivity contribution < 1.29 is 9.32 Å². The van der Waals surface area contributed by atoms with Crippen LogP contribution in [0.25, 0.3) is 0 Å². The van der Waals surface area contributed by atoms with Crippen molar-refractivity contribution in [1.29, 1.82) is 0 Å². The first-order valence-corrected chi connectivity index (χ1v) is 7.95. The number of nitrogens with zero attached hydrogens (tertiary/aromatic N) is 4. The van der Waals surface area contributed by atoms with Crippen LogP contribution in [-0.4, -0.2) is 37.7 Å². The van der Waals surface area contributed by atoms with Crippen LogP contribution in [0.3, 0.4) is 0 Å². The number of H-pyrrole nitrogens is 1. The van der Waals surface area contributed by atoms with Gasteiger partial charge in [-0.1, -0.05) is 12.1 Å². The summed E-state index contributed by atoms with van der Waals surface area (Å²) >= 11 is 0. The van der Waals surface area contributed by atoms with Crippen LogP contribution in [-0.2, 0) is 6.42 Å². The molecule has 1 aliphatic heterocycles. The van der Waals surface area contributed by atoms with Crippen molar-refractivity contribution in [3.63, 3.8) is 0 Å². The van der Waals surface area contributed by atoms with Gasteiger partial charge in [0.2, 0.25) is 5.89 Å². The molecule has 0 unspecified atom stereocenters. The van der Waals surface area contributed by atoms with E-state index in [-0.39, 0.29) is 11.9 Å². The Hall–Kier alpha value is -2.18. The van der Waals surface area contributed by atoms with Crippen molar-refractivity contribution in [3.05, 3.63) is 29.2 Å². The number of carbonyl (C=O) groups is 1. The summed E-state index contributed by atoms with van der Waals surface area (Å²) in [6, 6.07) is 1.79. The Labute approximate surface area is 128 Å². The van der Waals surface area contributed by atoms with E-state index >= 15 is 0 Å². The average Bonchev–Trinajstić information content (AvgIpc) is 3.02. The minimum Gasteiger partial charge on any atom is -0.339 e. The first-order chi connectivity index (χ1) is 10.8. The molecule has 4 rings (SSSR count). The molecule has 1 saturated carbocycles. The van der Waals surface area contributed by atoms with E-state index in [1.807, 2.05) is 17.9 Å². The van der Waals surface area contributed by atoms with E-state index in [1.165, 1.54) is 12.8 Å². The molecule has 1 amide bonds. The largest absolute Gasteiger partial charge is 0.339 e. The Balaban J connectivity index is 1.55. The molecule has 2 aromatic rings. The Morgan fingerprint density at radius 2 is 2.32 bits per heavy atom. The molecular weight excluding hydrogens is 282 g/mol. The molecule has 0 aromatic carbocycles. The second kappa shape index (κ2) is 5.23. The fraction of sp³-hybridized carbons (Fsp3) is 0.600. The van der Waals surface area contributed by atoms with Crippen LogP contribution in [0.1, 0.15) is 72.5 Å². The Kier molecular flexibility index (Phi) is 3.20. The van der Waals surface area contributed by atoms with Crippen LogP contribution in [0.4, 0.5) is 0 Å². The number of amides is 1. The highest BCUT2D eigenvalue weighted by molar-refractivity contribution is 5.92. The predicted octanol–water partition coefficient (Wildman–Crippen LogP) is 2.21. The van der Waals surface area contributed by atoms with Gasteiger partial charge >= 0.3 is 0 Å². The van der Waals surface area contributed by atoms with E-state index in [0.29, 0.717) is 36.3 Å². The van der Waals surface area contributed by atoms with Gasteiger partial charge in [-0.3, -0.25) is 9.89 Å². The van der Waals surface area contributed by atoms with Gasteiger partial charge in [0, 0.05) is 24.6 Å². The lowest BCUT2D eigenvalue weighted by molar-refractivity contribution is 0.0722. The van der Waals surface area contributed by atoms with Gasteiger partial charge in [0.25, 0.3) is 5.91 Å². The normalized spacial score (nSPS) is 21.5. The smallest absolute Gasteiger partial charge is 0.274 e. The van der Waals surface area contributed by atoms with Gasteiger partial charge in [0.05, 0.1) is 6.04 Å². The summed E-state index contributed by atoms with van der Waals surface area (Å²) in [4.78, 5) is 18.9. The lowest BCUT2D eigenvalue weighted by Gasteiger charge is -2.20. The van der Waals surface area contributed by atoms with E-state index in [2.05, 4.69) is 20.3 Å². The van der Waals surface area contributed by atoms with Crippen molar-refractivity contribution in [2.75, 3.05) is 6.54 Å². The molecule has 2 aliphatic rings. The number of nitrogens with one attached hydrogen (secondary N) is 1. The number of carbonyl (C=O) groups excluding carboxylic acids is 1. The maximum absolute atomic E-state index is 12.7. The number of rotatable bonds is 4. The molecule has 1 N–H and O–H groups in total. The van der Waals surface area contributed by atoms with Gasteiger partial charge in [-0.25, -0.2) is 0 Å². The highest BCUT2D eigenvalue weighted by Crippen LogP contribution is 2.39. The zero-order chi connectivity index (χ0) is 15.1. The topological polar surface area (TPSA) is 87.9 Å². The van der Waals surface area contributed by atoms with E-state index in [1.54, 1.807) is 0 Å². The van der Waals surface area contributed by atoms with Crippen LogP contribution in [0.2, 0.25) is 0 Å². The third kappa shape index (κ3) is 2.30. The summed E-state index contributed by atoms with van der Waals surface area (Å²) in [5, 5.41) is 11.2. The lowest BCUT2D eigenvalue weighted by Crippen LogP contribution is -2.31. The maximum atomic E-state index is 12.7. The van der Waals surface area contributed by atoms with Gasteiger partial charge < -0.3 is 9.42 Å². The molecule has 22 heavy (non-hydrogen) atoms. The maximum Gasteiger partial charge on any atom is 0.274 e. The quantitative estimate of drug-likeness (QED) is 0.935. The van der Waals surface area contributed by atoms with E-state index in [9.17, 15) is 4.79 Å². The van der Waals surface area contributed by atoms with Gasteiger partial charge in [-0.05, 0) is 31.7 Å². The molecule has 1 atom stereocenters. The van der Waals surface area contributed by atoms with Crippen LogP contribution < -0.4 is 0 Å². The number of aromatic amines is 1. The number of likely N-dealkylation sites (tertiary alicyclic amines) is 1. The standard InChI is InChI=1S/C15H19N5O2/c1-2-13-16-14(19-22-13)12-4-3-7-20(12)15(21)11-8-10(17-18-11)9-5-6-9/h8-9,12H,2-7H2,1H3,(H,17,18)/t12-/m1/s1. The van der Waals surface area contributed by atoms with E-state index in [4.69, 9.17) is 4.52 Å². The number of hydrogen-bond donors (Lipinski definition) is 1. The number of aromatic nitrogens is 4. The summed E-state index contributed by atoms with van der Waals surface area (Å²) < 4.78 is 5.18. The molecule has 7 heteroatoms. The van der Waals surface area contributed by atoms with E-state index in [0.717, 1.165) is 18.5 Å². The summed E-state index contributed by atoms with van der Waals surface area (Å²) in [6.45, 7) is 2.68. The zero-order valence-electron chi connectivity index (χ0n) is 12.6. The van der Waals surface area contributed by atoms with Crippen molar-refractivity contribution in [2.45, 2.75) is 51.0 Å². The second-order valence-electron chi connectivity index (χ2n) is 6.04. The lowest BCUT2D eigenvalue weighted by atomic mass is 10.2. The van der Waals surface area contributed by atoms with E-state index < -0.39 is 0 Å². The summed E-state index contributed by atoms with van der Waals surface area (Å²) in [6.07, 6.45) is 4.90. The van der Waals surface area contributed by atoms with Crippen LogP contribution in [0, 0.1) is 0 Å². The van der Waals surface area contributed by atoms with Gasteiger partial charge in [0.15, 0.2) is 5.82 Å². The van der Waals surface area contributed by atoms with Crippen LogP contribution in [0.5, 0.6) is 0 Å². The third-order valence-corrected chi connectivity index (χ3v) is 4.43. The summed E-state index contributed by atoms with van der Waals surface area (Å²) in [5.41, 5.74) is 1.57. The first-order valence-electron chi connectivity index (χ1n) is 7.95. The first kappa shape index (κ1) is 13.5. The predicted molar refractivity (Wildman–Crippen MR) is 77.3 cm³/mol. The Morgan fingerprint density at radius 3 is 3.05 bits per heavy atom. The molecule has 1 aliphatic carbocycles. The zero-order valence-corrected chi connectivity index (χ0v) is 12.6. The van der Waals surface area contributed by atoms with Crippen molar-refractivity contribution in [1.82, 2.24) is 25.2 Å². The molecular formula is C15H19N5O2. The summed E-state index contributed by atoms with van der Waals surface area (Å²) in [5.74, 6) is 1.74. The third-order valence-electron chi connectivity index (χ3n) is 4.43. The summed E-state index contributed by atoms with van der Waals surface area (Å²) in [7, 11) is 0. The van der Waals surface area contributed by atoms with Crippen molar-refractivity contribution in [3.8, 4) is 0 Å². The van der Waals surface area contributed by atoms with Gasteiger partial charge in [-0.2, -0.15) is 10.1 Å².